The highest BCUT2D eigenvalue weighted by Gasteiger charge is 2.17. The zero-order valence-electron chi connectivity index (χ0n) is 12.4. The Bertz CT molecular complexity index is 791. The van der Waals surface area contributed by atoms with Crippen molar-refractivity contribution in [2.75, 3.05) is 5.32 Å². The lowest BCUT2D eigenvalue weighted by molar-refractivity contribution is 0.522. The Balaban J connectivity index is 1.95. The molecule has 0 aliphatic carbocycles. The van der Waals surface area contributed by atoms with Crippen LogP contribution >= 0.6 is 15.9 Å². The van der Waals surface area contributed by atoms with Crippen LogP contribution in [0.25, 0.3) is 11.0 Å². The summed E-state index contributed by atoms with van der Waals surface area (Å²) < 4.78 is 7.13. The van der Waals surface area contributed by atoms with Gasteiger partial charge in [-0.3, -0.25) is 0 Å². The van der Waals surface area contributed by atoms with Gasteiger partial charge in [-0.2, -0.15) is 0 Å². The molecule has 21 heavy (non-hydrogen) atoms. The van der Waals surface area contributed by atoms with E-state index in [4.69, 9.17) is 4.42 Å². The topological polar surface area (TPSA) is 25.2 Å². The Morgan fingerprint density at radius 1 is 1.05 bits per heavy atom. The number of anilines is 1. The number of para-hydroxylation sites is 1. The van der Waals surface area contributed by atoms with E-state index in [1.807, 2.05) is 18.2 Å². The largest absolute Gasteiger partial charge is 0.459 e. The van der Waals surface area contributed by atoms with E-state index in [2.05, 4.69) is 66.3 Å². The molecule has 0 aliphatic heterocycles. The molecule has 2 aromatic carbocycles. The summed E-state index contributed by atoms with van der Waals surface area (Å²) in [5.41, 5.74) is 4.45. The van der Waals surface area contributed by atoms with E-state index in [1.54, 1.807) is 0 Å². The van der Waals surface area contributed by atoms with Gasteiger partial charge in [0.15, 0.2) is 0 Å². The normalized spacial score (nSPS) is 12.6. The molecule has 0 spiro atoms. The number of hydrogen-bond acceptors (Lipinski definition) is 2. The average molecular weight is 344 g/mol. The lowest BCUT2D eigenvalue weighted by Crippen LogP contribution is -2.07. The third-order valence-electron chi connectivity index (χ3n) is 3.84. The second-order valence-electron chi connectivity index (χ2n) is 5.39. The van der Waals surface area contributed by atoms with Crippen LogP contribution in [0.1, 0.15) is 29.9 Å². The van der Waals surface area contributed by atoms with Gasteiger partial charge in [0.25, 0.3) is 0 Å². The van der Waals surface area contributed by atoms with Crippen LogP contribution in [0.4, 0.5) is 5.69 Å². The summed E-state index contributed by atoms with van der Waals surface area (Å²) in [6.45, 7) is 6.33. The molecule has 108 valence electrons. The van der Waals surface area contributed by atoms with Crippen molar-refractivity contribution in [3.05, 3.63) is 63.8 Å². The SMILES string of the molecule is Cc1cccc(NC(C)c2oc3ccccc3c2C)c1Br. The molecule has 0 saturated carbocycles. The van der Waals surface area contributed by atoms with Crippen LogP contribution in [0.2, 0.25) is 0 Å². The average Bonchev–Trinajstić information content (AvgIpc) is 2.82. The molecular formula is C18H18BrNO. The van der Waals surface area contributed by atoms with Gasteiger partial charge in [0, 0.05) is 21.1 Å². The van der Waals surface area contributed by atoms with Crippen LogP contribution in [0.15, 0.2) is 51.4 Å². The van der Waals surface area contributed by atoms with E-state index < -0.39 is 0 Å². The highest BCUT2D eigenvalue weighted by Crippen LogP contribution is 2.33. The van der Waals surface area contributed by atoms with Crippen LogP contribution in [0, 0.1) is 13.8 Å². The summed E-state index contributed by atoms with van der Waals surface area (Å²) in [7, 11) is 0. The molecule has 2 nitrogen and oxygen atoms in total. The lowest BCUT2D eigenvalue weighted by atomic mass is 10.1. The van der Waals surface area contributed by atoms with Gasteiger partial charge in [0.1, 0.15) is 11.3 Å². The molecule has 1 aromatic heterocycles. The first-order valence-electron chi connectivity index (χ1n) is 7.07. The number of aryl methyl sites for hydroxylation is 2. The molecular weight excluding hydrogens is 326 g/mol. The van der Waals surface area contributed by atoms with Crippen molar-refractivity contribution in [2.24, 2.45) is 0 Å². The fourth-order valence-corrected chi connectivity index (χ4v) is 3.04. The molecule has 3 rings (SSSR count). The predicted molar refractivity (Wildman–Crippen MR) is 91.9 cm³/mol. The van der Waals surface area contributed by atoms with Gasteiger partial charge in [-0.25, -0.2) is 0 Å². The van der Waals surface area contributed by atoms with Gasteiger partial charge < -0.3 is 9.73 Å². The van der Waals surface area contributed by atoms with E-state index in [0.717, 1.165) is 21.5 Å². The summed E-state index contributed by atoms with van der Waals surface area (Å²) >= 11 is 3.64. The highest BCUT2D eigenvalue weighted by molar-refractivity contribution is 9.10. The van der Waals surface area contributed by atoms with E-state index in [1.165, 1.54) is 16.5 Å². The number of halogens is 1. The molecule has 0 fully saturated rings. The predicted octanol–water partition coefficient (Wildman–Crippen LogP) is 5.99. The molecule has 0 amide bonds. The molecule has 3 aromatic rings. The van der Waals surface area contributed by atoms with Crippen LogP contribution in [-0.4, -0.2) is 0 Å². The maximum atomic E-state index is 6.03. The monoisotopic (exact) mass is 343 g/mol. The second-order valence-corrected chi connectivity index (χ2v) is 6.18. The molecule has 1 N–H and O–H groups in total. The minimum Gasteiger partial charge on any atom is -0.459 e. The molecule has 0 saturated heterocycles. The van der Waals surface area contributed by atoms with Crippen molar-refractivity contribution in [3.8, 4) is 0 Å². The Labute approximate surface area is 133 Å². The number of nitrogens with one attached hydrogen (secondary N) is 1. The third kappa shape index (κ3) is 2.58. The van der Waals surface area contributed by atoms with Crippen molar-refractivity contribution >= 4 is 32.6 Å². The van der Waals surface area contributed by atoms with Gasteiger partial charge >= 0.3 is 0 Å². The van der Waals surface area contributed by atoms with E-state index in [9.17, 15) is 0 Å². The van der Waals surface area contributed by atoms with Crippen molar-refractivity contribution in [1.82, 2.24) is 0 Å². The third-order valence-corrected chi connectivity index (χ3v) is 4.89. The fourth-order valence-electron chi connectivity index (χ4n) is 2.66. The molecule has 0 bridgehead atoms. The van der Waals surface area contributed by atoms with Gasteiger partial charge in [-0.15, -0.1) is 0 Å². The second kappa shape index (κ2) is 5.57. The number of furan rings is 1. The number of rotatable bonds is 3. The van der Waals surface area contributed by atoms with E-state index >= 15 is 0 Å². The first-order valence-corrected chi connectivity index (χ1v) is 7.87. The smallest absolute Gasteiger partial charge is 0.134 e. The molecule has 1 heterocycles. The van der Waals surface area contributed by atoms with E-state index in [-0.39, 0.29) is 6.04 Å². The summed E-state index contributed by atoms with van der Waals surface area (Å²) in [6, 6.07) is 14.5. The summed E-state index contributed by atoms with van der Waals surface area (Å²) in [4.78, 5) is 0. The maximum Gasteiger partial charge on any atom is 0.134 e. The minimum absolute atomic E-state index is 0.107. The van der Waals surface area contributed by atoms with Crippen LogP contribution in [0.5, 0.6) is 0 Å². The summed E-state index contributed by atoms with van der Waals surface area (Å²) in [5.74, 6) is 0.990. The molecule has 1 unspecified atom stereocenters. The van der Waals surface area contributed by atoms with Crippen LogP contribution < -0.4 is 5.32 Å². The Kier molecular flexibility index (Phi) is 3.77. The molecule has 3 heteroatoms. The van der Waals surface area contributed by atoms with E-state index in [0.29, 0.717) is 0 Å². The van der Waals surface area contributed by atoms with Crippen molar-refractivity contribution < 1.29 is 4.42 Å². The van der Waals surface area contributed by atoms with Gasteiger partial charge in [0.2, 0.25) is 0 Å². The van der Waals surface area contributed by atoms with Crippen molar-refractivity contribution in [2.45, 2.75) is 26.8 Å². The number of hydrogen-bond donors (Lipinski definition) is 1. The quantitative estimate of drug-likeness (QED) is 0.632. The maximum absolute atomic E-state index is 6.03. The van der Waals surface area contributed by atoms with Crippen molar-refractivity contribution in [3.63, 3.8) is 0 Å². The molecule has 0 aliphatic rings. The standard InChI is InChI=1S/C18H18BrNO/c1-11-7-6-9-15(17(11)19)20-13(3)18-12(2)14-8-4-5-10-16(14)21-18/h4-10,13,20H,1-3H3. The number of benzene rings is 2. The highest BCUT2D eigenvalue weighted by atomic mass is 79.9. The molecule has 1 atom stereocenters. The summed E-state index contributed by atoms with van der Waals surface area (Å²) in [6.07, 6.45) is 0. The van der Waals surface area contributed by atoms with Gasteiger partial charge in [0.05, 0.1) is 6.04 Å². The number of fused-ring (bicyclic) bond motifs is 1. The Morgan fingerprint density at radius 3 is 2.57 bits per heavy atom. The Morgan fingerprint density at radius 2 is 1.81 bits per heavy atom. The first-order chi connectivity index (χ1) is 10.1. The summed E-state index contributed by atoms with van der Waals surface area (Å²) in [5, 5.41) is 4.71. The zero-order valence-corrected chi connectivity index (χ0v) is 14.0. The van der Waals surface area contributed by atoms with Crippen molar-refractivity contribution in [1.29, 1.82) is 0 Å². The van der Waals surface area contributed by atoms with Crippen LogP contribution in [-0.2, 0) is 0 Å². The minimum atomic E-state index is 0.107. The zero-order chi connectivity index (χ0) is 15.0. The van der Waals surface area contributed by atoms with Gasteiger partial charge in [-0.05, 0) is 54.4 Å². The fraction of sp³-hybridized carbons (Fsp3) is 0.222. The van der Waals surface area contributed by atoms with Gasteiger partial charge in [-0.1, -0.05) is 30.3 Å². The first kappa shape index (κ1) is 14.2. The Hall–Kier alpha value is -1.74. The van der Waals surface area contributed by atoms with Crippen LogP contribution in [0.3, 0.4) is 0 Å². The molecule has 0 radical (unpaired) electrons. The lowest BCUT2D eigenvalue weighted by Gasteiger charge is -2.16.